The minimum atomic E-state index is -2.93. The van der Waals surface area contributed by atoms with Crippen molar-refractivity contribution in [3.8, 4) is 22.8 Å². The molecule has 11 nitrogen and oxygen atoms in total. The molecule has 2 N–H and O–H groups in total. The van der Waals surface area contributed by atoms with Crippen LogP contribution >= 0.6 is 0 Å². The number of pyridine rings is 2. The number of rotatable bonds is 12. The second kappa shape index (κ2) is 13.4. The quantitative estimate of drug-likeness (QED) is 0.290. The van der Waals surface area contributed by atoms with Gasteiger partial charge in [0.15, 0.2) is 0 Å². The number of nitrogens with one attached hydrogen (secondary N) is 2. The number of ether oxygens (including phenoxy) is 3. The molecule has 0 radical (unpaired) electrons. The lowest BCUT2D eigenvalue weighted by Crippen LogP contribution is -2.58. The van der Waals surface area contributed by atoms with Gasteiger partial charge < -0.3 is 34.3 Å². The summed E-state index contributed by atoms with van der Waals surface area (Å²) in [6.07, 6.45) is 5.46. The van der Waals surface area contributed by atoms with Gasteiger partial charge in [0.2, 0.25) is 5.88 Å². The predicted molar refractivity (Wildman–Crippen MR) is 170 cm³/mol. The number of hydrogen-bond donors (Lipinski definition) is 2. The highest BCUT2D eigenvalue weighted by Crippen LogP contribution is 2.36. The second-order valence-electron chi connectivity index (χ2n) is 12.6. The Hall–Kier alpha value is -4.36. The summed E-state index contributed by atoms with van der Waals surface area (Å²) in [5, 5.41) is 6.14. The Morgan fingerprint density at radius 2 is 1.89 bits per heavy atom. The Kier molecular flexibility index (Phi) is 9.29. The molecule has 6 rings (SSSR count). The number of likely N-dealkylation sites (tertiary alicyclic amines) is 1. The third-order valence-electron chi connectivity index (χ3n) is 8.31. The van der Waals surface area contributed by atoms with Crippen LogP contribution in [0.4, 0.5) is 14.6 Å². The zero-order valence-electron chi connectivity index (χ0n) is 26.7. The number of carbonyl (C=O) groups excluding carboxylic acids is 2. The smallest absolute Gasteiger partial charge is 0.282 e. The molecule has 2 aliphatic heterocycles. The van der Waals surface area contributed by atoms with E-state index in [1.54, 1.807) is 34.9 Å². The third kappa shape index (κ3) is 7.62. The van der Waals surface area contributed by atoms with Gasteiger partial charge in [0, 0.05) is 38.0 Å². The van der Waals surface area contributed by atoms with Crippen LogP contribution in [0.5, 0.6) is 11.6 Å². The summed E-state index contributed by atoms with van der Waals surface area (Å²) in [5.41, 5.74) is 1.39. The largest absolute Gasteiger partial charge is 0.497 e. The van der Waals surface area contributed by atoms with E-state index in [1.165, 1.54) is 13.2 Å². The van der Waals surface area contributed by atoms with E-state index in [0.29, 0.717) is 30.0 Å². The highest BCUT2D eigenvalue weighted by Gasteiger charge is 2.46. The Bertz CT molecular complexity index is 1710. The maximum atomic E-state index is 13.7. The molecular weight excluding hydrogens is 612 g/mol. The van der Waals surface area contributed by atoms with E-state index >= 15 is 0 Å². The molecule has 2 aromatic heterocycles. The van der Waals surface area contributed by atoms with Crippen LogP contribution in [-0.2, 0) is 11.3 Å². The van der Waals surface area contributed by atoms with Gasteiger partial charge in [0.25, 0.3) is 23.3 Å². The molecule has 0 bridgehead atoms. The summed E-state index contributed by atoms with van der Waals surface area (Å²) in [6, 6.07) is 9.60. The SMILES string of the molecule is COc1ccc(-c2cc(NC(=O)c3cc(CNC[C@@H]4CCCO4)cn(C4CC4)c3=O)nc(OC(C)C)c2)c(C(=O)N2CC(F)(F)C2)c1. The Balaban J connectivity index is 1.31. The van der Waals surface area contributed by atoms with E-state index < -0.39 is 36.4 Å². The van der Waals surface area contributed by atoms with Crippen molar-refractivity contribution < 1.29 is 32.6 Å². The normalized spacial score (nSPS) is 18.6. The Morgan fingerprint density at radius 1 is 1.11 bits per heavy atom. The Labute approximate surface area is 271 Å². The number of carbonyl (C=O) groups is 2. The van der Waals surface area contributed by atoms with Gasteiger partial charge in [0.05, 0.1) is 38.0 Å². The standard InChI is InChI=1S/C34H39F2N5O6/c1-20(2)47-30-13-22(26-9-8-24(45-3)14-27(26)32(43)40-18-34(35,36)19-40)12-29(38-30)39-31(42)28-11-21(15-37-16-25-5-4-10-46-25)17-41(33(28)44)23-6-7-23/h8-9,11-14,17,20,23,25,37H,4-7,10,15-16,18-19H2,1-3H3,(H,38,39,42)/t25-/m0/s1. The van der Waals surface area contributed by atoms with Crippen molar-refractivity contribution in [3.63, 3.8) is 0 Å². The third-order valence-corrected chi connectivity index (χ3v) is 8.31. The Morgan fingerprint density at radius 3 is 2.55 bits per heavy atom. The number of hydrogen-bond acceptors (Lipinski definition) is 8. The van der Waals surface area contributed by atoms with Crippen LogP contribution in [0.15, 0.2) is 47.4 Å². The molecule has 3 aromatic rings. The number of halogens is 2. The number of amides is 2. The fourth-order valence-corrected chi connectivity index (χ4v) is 5.84. The molecule has 1 aliphatic carbocycles. The summed E-state index contributed by atoms with van der Waals surface area (Å²) < 4.78 is 45.8. The molecule has 2 saturated heterocycles. The minimum Gasteiger partial charge on any atom is -0.497 e. The molecule has 2 amide bonds. The molecule has 1 atom stereocenters. The van der Waals surface area contributed by atoms with E-state index in [0.717, 1.165) is 42.8 Å². The van der Waals surface area contributed by atoms with Gasteiger partial charge >= 0.3 is 0 Å². The predicted octanol–water partition coefficient (Wildman–Crippen LogP) is 4.65. The molecule has 47 heavy (non-hydrogen) atoms. The van der Waals surface area contributed by atoms with Gasteiger partial charge in [-0.25, -0.2) is 8.78 Å². The van der Waals surface area contributed by atoms with Gasteiger partial charge in [-0.05, 0) is 86.6 Å². The maximum Gasteiger partial charge on any atom is 0.282 e. The summed E-state index contributed by atoms with van der Waals surface area (Å²) in [4.78, 5) is 46.1. The second-order valence-corrected chi connectivity index (χ2v) is 12.6. The minimum absolute atomic E-state index is 0.0223. The van der Waals surface area contributed by atoms with Crippen molar-refractivity contribution in [1.82, 2.24) is 19.8 Å². The topological polar surface area (TPSA) is 124 Å². The van der Waals surface area contributed by atoms with Crippen molar-refractivity contribution in [2.75, 3.05) is 38.7 Å². The van der Waals surface area contributed by atoms with Crippen molar-refractivity contribution in [2.45, 2.75) is 70.2 Å². The lowest BCUT2D eigenvalue weighted by molar-refractivity contribution is -0.113. The van der Waals surface area contributed by atoms with Gasteiger partial charge in [-0.3, -0.25) is 14.4 Å². The molecule has 13 heteroatoms. The van der Waals surface area contributed by atoms with E-state index in [1.807, 2.05) is 20.0 Å². The lowest BCUT2D eigenvalue weighted by atomic mass is 9.97. The van der Waals surface area contributed by atoms with Crippen molar-refractivity contribution in [2.24, 2.45) is 0 Å². The van der Waals surface area contributed by atoms with E-state index in [2.05, 4.69) is 15.6 Å². The summed E-state index contributed by atoms with van der Waals surface area (Å²) in [7, 11) is 1.45. The molecule has 0 unspecified atom stereocenters. The van der Waals surface area contributed by atoms with Crippen molar-refractivity contribution in [1.29, 1.82) is 0 Å². The molecule has 3 fully saturated rings. The maximum absolute atomic E-state index is 13.7. The number of benzene rings is 1. The van der Waals surface area contributed by atoms with Crippen molar-refractivity contribution in [3.05, 3.63) is 69.6 Å². The fraction of sp³-hybridized carbons (Fsp3) is 0.471. The molecule has 3 aliphatic rings. The molecule has 1 saturated carbocycles. The highest BCUT2D eigenvalue weighted by atomic mass is 19.3. The number of methoxy groups -OCH3 is 1. The van der Waals surface area contributed by atoms with Crippen LogP contribution in [0.3, 0.4) is 0 Å². The van der Waals surface area contributed by atoms with Crippen LogP contribution < -0.4 is 25.7 Å². The summed E-state index contributed by atoms with van der Waals surface area (Å²) >= 11 is 0. The van der Waals surface area contributed by atoms with Crippen LogP contribution in [0.1, 0.15) is 71.9 Å². The first-order valence-corrected chi connectivity index (χ1v) is 15.9. The first-order chi connectivity index (χ1) is 22.5. The van der Waals surface area contributed by atoms with E-state index in [9.17, 15) is 23.2 Å². The number of anilines is 1. The first-order valence-electron chi connectivity index (χ1n) is 15.9. The molecule has 4 heterocycles. The monoisotopic (exact) mass is 651 g/mol. The number of aromatic nitrogens is 2. The molecule has 0 spiro atoms. The molecule has 250 valence electrons. The average Bonchev–Trinajstić information content (AvgIpc) is 3.73. The zero-order chi connectivity index (χ0) is 33.3. The van der Waals surface area contributed by atoms with E-state index in [4.69, 9.17) is 14.2 Å². The number of alkyl halides is 2. The summed E-state index contributed by atoms with van der Waals surface area (Å²) in [6.45, 7) is 4.18. The highest BCUT2D eigenvalue weighted by molar-refractivity contribution is 6.05. The molecule has 1 aromatic carbocycles. The first kappa shape index (κ1) is 32.6. The van der Waals surface area contributed by atoms with Crippen molar-refractivity contribution >= 4 is 17.6 Å². The van der Waals surface area contributed by atoms with Gasteiger partial charge in [-0.1, -0.05) is 0 Å². The van der Waals surface area contributed by atoms with Crippen LogP contribution in [-0.4, -0.2) is 77.7 Å². The van der Waals surface area contributed by atoms with Gasteiger partial charge in [0.1, 0.15) is 17.1 Å². The molecular formula is C34H39F2N5O6. The number of nitrogens with zero attached hydrogens (tertiary/aromatic N) is 3. The zero-order valence-corrected chi connectivity index (χ0v) is 26.7. The van der Waals surface area contributed by atoms with Crippen LogP contribution in [0.2, 0.25) is 0 Å². The van der Waals surface area contributed by atoms with Crippen LogP contribution in [0, 0.1) is 0 Å². The van der Waals surface area contributed by atoms with E-state index in [-0.39, 0.29) is 41.1 Å². The van der Waals surface area contributed by atoms with Gasteiger partial charge in [-0.2, -0.15) is 4.98 Å². The average molecular weight is 652 g/mol. The van der Waals surface area contributed by atoms with Crippen LogP contribution in [0.25, 0.3) is 11.1 Å². The lowest BCUT2D eigenvalue weighted by Gasteiger charge is -2.39. The fourth-order valence-electron chi connectivity index (χ4n) is 5.84. The summed E-state index contributed by atoms with van der Waals surface area (Å²) in [5.74, 6) is -3.52. The van der Waals surface area contributed by atoms with Gasteiger partial charge in [-0.15, -0.1) is 0 Å².